The normalized spacial score (nSPS) is 25.4. The van der Waals surface area contributed by atoms with Crippen molar-refractivity contribution in [2.24, 2.45) is 5.92 Å². The minimum absolute atomic E-state index is 0.0344. The molecular formula is C15H19FN6O5. The van der Waals surface area contributed by atoms with Gasteiger partial charge in [-0.15, -0.1) is 5.10 Å². The van der Waals surface area contributed by atoms with Gasteiger partial charge in [-0.25, -0.2) is 13.6 Å². The van der Waals surface area contributed by atoms with Crippen LogP contribution in [-0.4, -0.2) is 57.7 Å². The molecule has 0 radical (unpaired) electrons. The molecule has 1 aliphatic rings. The molecule has 1 saturated carbocycles. The Labute approximate surface area is 152 Å². The van der Waals surface area contributed by atoms with Crippen LogP contribution in [0.2, 0.25) is 0 Å². The van der Waals surface area contributed by atoms with Crippen molar-refractivity contribution in [3.05, 3.63) is 34.4 Å². The van der Waals surface area contributed by atoms with E-state index in [4.69, 9.17) is 0 Å². The van der Waals surface area contributed by atoms with Gasteiger partial charge in [0.05, 0.1) is 24.4 Å². The molecule has 27 heavy (non-hydrogen) atoms. The van der Waals surface area contributed by atoms with Crippen molar-refractivity contribution in [1.82, 2.24) is 24.5 Å². The highest BCUT2D eigenvalue weighted by atomic mass is 18.2. The van der Waals surface area contributed by atoms with Crippen LogP contribution in [0.25, 0.3) is 0 Å². The van der Waals surface area contributed by atoms with Crippen LogP contribution in [0.4, 0.5) is 10.3 Å². The van der Waals surface area contributed by atoms with E-state index in [0.29, 0.717) is 0 Å². The number of aliphatic hydroxyl groups is 2. The van der Waals surface area contributed by atoms with Crippen LogP contribution in [-0.2, 0) is 18.0 Å². The molecule has 1 fully saturated rings. The summed E-state index contributed by atoms with van der Waals surface area (Å²) in [6, 6.07) is -0.561. The third-order valence-electron chi connectivity index (χ3n) is 4.74. The van der Waals surface area contributed by atoms with Crippen LogP contribution in [0.3, 0.4) is 0 Å². The number of aromatic nitrogens is 5. The minimum Gasteiger partial charge on any atom is -0.393 e. The first kappa shape index (κ1) is 19.0. The van der Waals surface area contributed by atoms with Crippen LogP contribution in [0, 0.1) is 16.0 Å². The summed E-state index contributed by atoms with van der Waals surface area (Å²) in [7, 11) is 0. The highest BCUT2D eigenvalue weighted by Crippen LogP contribution is 2.34. The number of carbonyl (C=O) groups is 1. The molecule has 0 saturated heterocycles. The fraction of sp³-hybridized carbons (Fsp3) is 0.600. The molecule has 0 aromatic carbocycles. The van der Waals surface area contributed by atoms with E-state index in [1.165, 1.54) is 23.3 Å². The molecule has 2 N–H and O–H groups in total. The number of nitrogens with zero attached hydrogens (tertiary/aromatic N) is 6. The fourth-order valence-corrected chi connectivity index (χ4v) is 3.41. The molecule has 0 spiro atoms. The van der Waals surface area contributed by atoms with E-state index < -0.39 is 41.7 Å². The van der Waals surface area contributed by atoms with Gasteiger partial charge in [0.25, 0.3) is 0 Å². The van der Waals surface area contributed by atoms with Gasteiger partial charge in [0.1, 0.15) is 31.3 Å². The van der Waals surface area contributed by atoms with Crippen LogP contribution >= 0.6 is 0 Å². The molecule has 12 heteroatoms. The Kier molecular flexibility index (Phi) is 5.56. The lowest BCUT2D eigenvalue weighted by atomic mass is 9.79. The SMILES string of the molecule is O=C(CC1CC(O)C(n2cc(C[18F])nn2)CC1O)Cn1ccnc1[N+](=O)[O-]. The second kappa shape index (κ2) is 7.88. The second-order valence-corrected chi connectivity index (χ2v) is 6.61. The monoisotopic (exact) mass is 381 g/mol. The van der Waals surface area contributed by atoms with Crippen molar-refractivity contribution < 1.29 is 24.3 Å². The summed E-state index contributed by atoms with van der Waals surface area (Å²) < 4.78 is 15.1. The number of hydrogen-bond acceptors (Lipinski definition) is 8. The maximum absolute atomic E-state index is 12.6. The lowest BCUT2D eigenvalue weighted by Gasteiger charge is -2.36. The van der Waals surface area contributed by atoms with Crippen molar-refractivity contribution in [2.45, 2.75) is 50.7 Å². The highest BCUT2D eigenvalue weighted by molar-refractivity contribution is 5.78. The summed E-state index contributed by atoms with van der Waals surface area (Å²) >= 11 is 0. The first-order valence-electron chi connectivity index (χ1n) is 8.39. The average molecular weight is 381 g/mol. The van der Waals surface area contributed by atoms with Crippen molar-refractivity contribution in [3.63, 3.8) is 0 Å². The first-order valence-corrected chi connectivity index (χ1v) is 8.39. The number of rotatable bonds is 7. The van der Waals surface area contributed by atoms with E-state index in [0.717, 1.165) is 4.57 Å². The number of aliphatic hydroxyl groups excluding tert-OH is 2. The number of imidazole rings is 1. The van der Waals surface area contributed by atoms with E-state index in [1.807, 2.05) is 0 Å². The lowest BCUT2D eigenvalue weighted by molar-refractivity contribution is -0.396. The summed E-state index contributed by atoms with van der Waals surface area (Å²) in [5.41, 5.74) is 0.135. The van der Waals surface area contributed by atoms with Gasteiger partial charge in [0.2, 0.25) is 0 Å². The molecule has 2 aromatic heterocycles. The number of hydrogen-bond donors (Lipinski definition) is 2. The molecule has 0 bridgehead atoms. The standard InChI is InChI=1S/C15H19FN6O5/c16-6-10-7-21(19-18-10)12-5-13(24)9(4-14(12)25)3-11(23)8-20-2-1-17-15(20)22(26)27/h1-2,7,9,12-14,24-25H,3-6,8H2/i16-1. The Morgan fingerprint density at radius 1 is 1.37 bits per heavy atom. The molecular weight excluding hydrogens is 362 g/mol. The van der Waals surface area contributed by atoms with Gasteiger partial charge >= 0.3 is 5.95 Å². The number of halogens is 1. The molecule has 2 aromatic rings. The van der Waals surface area contributed by atoms with Gasteiger partial charge < -0.3 is 20.3 Å². The molecule has 1 aliphatic carbocycles. The summed E-state index contributed by atoms with van der Waals surface area (Å²) in [5.74, 6) is -1.23. The quantitative estimate of drug-likeness (QED) is 0.510. The van der Waals surface area contributed by atoms with E-state index in [-0.39, 0.29) is 37.3 Å². The minimum atomic E-state index is -0.886. The Morgan fingerprint density at radius 2 is 2.15 bits per heavy atom. The van der Waals surface area contributed by atoms with Gasteiger partial charge in [0.15, 0.2) is 5.78 Å². The number of carbonyl (C=O) groups excluding carboxylic acids is 1. The Bertz CT molecular complexity index is 823. The second-order valence-electron chi connectivity index (χ2n) is 6.61. The van der Waals surface area contributed by atoms with E-state index in [9.17, 15) is 29.5 Å². The van der Waals surface area contributed by atoms with E-state index in [1.54, 1.807) is 0 Å². The number of ketones is 1. The van der Waals surface area contributed by atoms with Crippen molar-refractivity contribution in [1.29, 1.82) is 0 Å². The summed E-state index contributed by atoms with van der Waals surface area (Å²) in [5, 5.41) is 39.0. The average Bonchev–Trinajstić information content (AvgIpc) is 3.26. The van der Waals surface area contributed by atoms with Gasteiger partial charge in [-0.05, 0) is 23.7 Å². The van der Waals surface area contributed by atoms with Crippen molar-refractivity contribution in [2.75, 3.05) is 0 Å². The molecule has 0 aliphatic heterocycles. The molecule has 4 atom stereocenters. The predicted octanol–water partition coefficient (Wildman–Crippen LogP) is 0.185. The number of Topliss-reactive ketones (excluding diaryl/α,β-unsaturated/α-hetero) is 1. The summed E-state index contributed by atoms with van der Waals surface area (Å²) in [6.07, 6.45) is 2.44. The van der Waals surface area contributed by atoms with E-state index in [2.05, 4.69) is 15.3 Å². The predicted molar refractivity (Wildman–Crippen MR) is 87.1 cm³/mol. The van der Waals surface area contributed by atoms with Gasteiger partial charge in [-0.1, -0.05) is 10.2 Å². The molecule has 146 valence electrons. The number of nitro groups is 1. The molecule has 11 nitrogen and oxygen atoms in total. The largest absolute Gasteiger partial charge is 0.434 e. The number of alkyl halides is 1. The highest BCUT2D eigenvalue weighted by Gasteiger charge is 2.38. The van der Waals surface area contributed by atoms with Crippen molar-refractivity contribution >= 4 is 11.7 Å². The van der Waals surface area contributed by atoms with Gasteiger partial charge in [0, 0.05) is 6.42 Å². The topological polar surface area (TPSA) is 149 Å². The third kappa shape index (κ3) is 4.17. The Hall–Kier alpha value is -2.73. The van der Waals surface area contributed by atoms with Gasteiger partial charge in [-0.2, -0.15) is 0 Å². The Balaban J connectivity index is 1.61. The fourth-order valence-electron chi connectivity index (χ4n) is 3.41. The van der Waals surface area contributed by atoms with E-state index >= 15 is 0 Å². The Morgan fingerprint density at radius 3 is 2.81 bits per heavy atom. The lowest BCUT2D eigenvalue weighted by Crippen LogP contribution is -2.41. The van der Waals surface area contributed by atoms with Crippen LogP contribution < -0.4 is 0 Å². The smallest absolute Gasteiger partial charge is 0.393 e. The third-order valence-corrected chi connectivity index (χ3v) is 4.74. The zero-order valence-corrected chi connectivity index (χ0v) is 14.3. The molecule has 4 unspecified atom stereocenters. The maximum atomic E-state index is 12.6. The van der Waals surface area contributed by atoms with Crippen molar-refractivity contribution in [3.8, 4) is 0 Å². The maximum Gasteiger partial charge on any atom is 0.434 e. The molecule has 3 rings (SSSR count). The van der Waals surface area contributed by atoms with Crippen LogP contribution in [0.1, 0.15) is 31.0 Å². The molecule has 0 amide bonds. The summed E-state index contributed by atoms with van der Waals surface area (Å²) in [6.45, 7) is -1.01. The zero-order chi connectivity index (χ0) is 19.6. The first-order chi connectivity index (χ1) is 12.9. The zero-order valence-electron chi connectivity index (χ0n) is 14.3. The van der Waals surface area contributed by atoms with Crippen LogP contribution in [0.5, 0.6) is 0 Å². The summed E-state index contributed by atoms with van der Waals surface area (Å²) in [4.78, 5) is 26.0. The van der Waals surface area contributed by atoms with Crippen LogP contribution in [0.15, 0.2) is 18.6 Å². The molecule has 2 heterocycles. The van der Waals surface area contributed by atoms with Gasteiger partial charge in [-0.3, -0.25) is 4.79 Å².